The first kappa shape index (κ1) is 12.2. The molecule has 1 aromatic carbocycles. The van der Waals surface area contributed by atoms with Crippen molar-refractivity contribution in [2.45, 2.75) is 6.54 Å². The van der Waals surface area contributed by atoms with Gasteiger partial charge in [0.25, 0.3) is 11.1 Å². The number of aromatic amines is 1. The van der Waals surface area contributed by atoms with Crippen LogP contribution in [0.5, 0.6) is 0 Å². The standard InChI is InChI=1S/C11H9BN2O4/c1-18-9(15)5-14-11(17)7-3-2-6(12)4-8(7)10(16)13-14/h2-4H,5H2,1H3,(H,13,16). The Bertz CT molecular complexity index is 732. The van der Waals surface area contributed by atoms with Crippen LogP contribution in [0.4, 0.5) is 0 Å². The van der Waals surface area contributed by atoms with E-state index in [2.05, 4.69) is 9.84 Å². The van der Waals surface area contributed by atoms with Crippen LogP contribution in [-0.4, -0.2) is 30.7 Å². The van der Waals surface area contributed by atoms with Crippen LogP contribution in [0.1, 0.15) is 0 Å². The molecule has 0 aliphatic heterocycles. The molecule has 18 heavy (non-hydrogen) atoms. The third kappa shape index (κ3) is 2.06. The number of methoxy groups -OCH3 is 1. The fraction of sp³-hybridized carbons (Fsp3) is 0.182. The van der Waals surface area contributed by atoms with Crippen molar-refractivity contribution in [3.05, 3.63) is 38.9 Å². The van der Waals surface area contributed by atoms with Crippen LogP contribution in [-0.2, 0) is 16.1 Å². The average Bonchev–Trinajstić information content (AvgIpc) is 2.35. The summed E-state index contributed by atoms with van der Waals surface area (Å²) in [5, 5.41) is 2.70. The Morgan fingerprint density at radius 3 is 2.78 bits per heavy atom. The van der Waals surface area contributed by atoms with E-state index in [9.17, 15) is 14.4 Å². The summed E-state index contributed by atoms with van der Waals surface area (Å²) in [5.41, 5.74) is -0.575. The number of hydrogen-bond acceptors (Lipinski definition) is 4. The Morgan fingerprint density at radius 1 is 1.39 bits per heavy atom. The number of rotatable bonds is 2. The normalized spacial score (nSPS) is 10.5. The van der Waals surface area contributed by atoms with Crippen molar-refractivity contribution in [3.63, 3.8) is 0 Å². The first-order valence-electron chi connectivity index (χ1n) is 5.12. The molecule has 1 N–H and O–H groups in total. The molecule has 6 nitrogen and oxygen atoms in total. The number of hydrogen-bond donors (Lipinski definition) is 1. The number of esters is 1. The molecule has 0 saturated heterocycles. The monoisotopic (exact) mass is 244 g/mol. The summed E-state index contributed by atoms with van der Waals surface area (Å²) < 4.78 is 5.35. The molecule has 0 amide bonds. The van der Waals surface area contributed by atoms with Crippen LogP contribution in [0.15, 0.2) is 27.8 Å². The molecule has 0 spiro atoms. The highest BCUT2D eigenvalue weighted by Crippen LogP contribution is 2.00. The second-order valence-electron chi connectivity index (χ2n) is 3.71. The number of nitrogens with zero attached hydrogens (tertiary/aromatic N) is 1. The van der Waals surface area contributed by atoms with Gasteiger partial charge in [-0.25, -0.2) is 4.68 Å². The second kappa shape index (κ2) is 4.52. The van der Waals surface area contributed by atoms with Crippen molar-refractivity contribution >= 4 is 30.1 Å². The lowest BCUT2D eigenvalue weighted by molar-refractivity contribution is -0.141. The predicted octanol–water partition coefficient (Wildman–Crippen LogP) is -1.34. The molecule has 0 saturated carbocycles. The van der Waals surface area contributed by atoms with Crippen LogP contribution >= 0.6 is 0 Å². The Morgan fingerprint density at radius 2 is 2.11 bits per heavy atom. The van der Waals surface area contributed by atoms with E-state index in [1.807, 2.05) is 0 Å². The van der Waals surface area contributed by atoms with Gasteiger partial charge in [-0.3, -0.25) is 19.5 Å². The molecular formula is C11H9BN2O4. The van der Waals surface area contributed by atoms with Crippen molar-refractivity contribution in [1.82, 2.24) is 9.78 Å². The molecule has 1 heterocycles. The average molecular weight is 244 g/mol. The number of carbonyl (C=O) groups is 1. The number of nitrogens with one attached hydrogen (secondary N) is 1. The van der Waals surface area contributed by atoms with Crippen molar-refractivity contribution < 1.29 is 9.53 Å². The molecule has 0 fully saturated rings. The van der Waals surface area contributed by atoms with E-state index in [0.29, 0.717) is 5.46 Å². The molecule has 1 aromatic heterocycles. The van der Waals surface area contributed by atoms with Gasteiger partial charge in [-0.1, -0.05) is 17.6 Å². The summed E-state index contributed by atoms with van der Waals surface area (Å²) in [6, 6.07) is 4.39. The number of benzene rings is 1. The zero-order valence-electron chi connectivity index (χ0n) is 9.60. The summed E-state index contributed by atoms with van der Waals surface area (Å²) >= 11 is 0. The number of carbonyl (C=O) groups excluding carboxylic acids is 1. The molecule has 0 atom stereocenters. The Hall–Kier alpha value is -2.31. The Kier molecular flexibility index (Phi) is 3.05. The minimum absolute atomic E-state index is 0.195. The number of ether oxygens (including phenoxy) is 1. The van der Waals surface area contributed by atoms with Crippen molar-refractivity contribution in [2.24, 2.45) is 0 Å². The van der Waals surface area contributed by atoms with E-state index in [0.717, 1.165) is 4.68 Å². The van der Waals surface area contributed by atoms with Crippen LogP contribution in [0, 0.1) is 0 Å². The predicted molar refractivity (Wildman–Crippen MR) is 66.2 cm³/mol. The van der Waals surface area contributed by atoms with E-state index in [1.165, 1.54) is 25.3 Å². The van der Waals surface area contributed by atoms with Crippen molar-refractivity contribution in [1.29, 1.82) is 0 Å². The Balaban J connectivity index is 2.70. The molecule has 0 unspecified atom stereocenters. The van der Waals surface area contributed by atoms with Crippen LogP contribution in [0.25, 0.3) is 10.8 Å². The second-order valence-corrected chi connectivity index (χ2v) is 3.71. The fourth-order valence-electron chi connectivity index (χ4n) is 1.62. The maximum absolute atomic E-state index is 12.0. The molecule has 2 radical (unpaired) electrons. The SMILES string of the molecule is [B]c1ccc2c(=O)n(CC(=O)OC)[nH]c(=O)c2c1. The minimum atomic E-state index is -0.623. The van der Waals surface area contributed by atoms with Gasteiger partial charge in [0, 0.05) is 0 Å². The first-order chi connectivity index (χ1) is 8.52. The van der Waals surface area contributed by atoms with E-state index < -0.39 is 17.1 Å². The summed E-state index contributed by atoms with van der Waals surface area (Å²) in [6.07, 6.45) is 0. The largest absolute Gasteiger partial charge is 0.468 e. The van der Waals surface area contributed by atoms with Gasteiger partial charge in [0.05, 0.1) is 17.9 Å². The third-order valence-corrected chi connectivity index (χ3v) is 2.52. The van der Waals surface area contributed by atoms with Crippen LogP contribution < -0.4 is 16.6 Å². The fourth-order valence-corrected chi connectivity index (χ4v) is 1.62. The highest BCUT2D eigenvalue weighted by Gasteiger charge is 2.10. The summed E-state index contributed by atoms with van der Waals surface area (Å²) in [4.78, 5) is 34.8. The molecule has 0 aliphatic carbocycles. The molecule has 7 heteroatoms. The summed E-state index contributed by atoms with van der Waals surface area (Å²) in [5.74, 6) is -0.623. The smallest absolute Gasteiger partial charge is 0.327 e. The zero-order valence-corrected chi connectivity index (χ0v) is 9.60. The topological polar surface area (TPSA) is 81.2 Å². The molecule has 0 bridgehead atoms. The quantitative estimate of drug-likeness (QED) is 0.523. The number of fused-ring (bicyclic) bond motifs is 1. The maximum atomic E-state index is 12.0. The molecule has 2 rings (SSSR count). The van der Waals surface area contributed by atoms with E-state index in [4.69, 9.17) is 7.85 Å². The lowest BCUT2D eigenvalue weighted by Gasteiger charge is -2.06. The number of H-pyrrole nitrogens is 1. The van der Waals surface area contributed by atoms with Gasteiger partial charge < -0.3 is 4.74 Å². The van der Waals surface area contributed by atoms with Gasteiger partial charge in [0.2, 0.25) is 0 Å². The summed E-state index contributed by atoms with van der Waals surface area (Å²) in [6.45, 7) is -0.342. The van der Waals surface area contributed by atoms with Gasteiger partial charge in [0.15, 0.2) is 0 Å². The molecule has 0 aliphatic rings. The van der Waals surface area contributed by atoms with Crippen LogP contribution in [0.2, 0.25) is 0 Å². The van der Waals surface area contributed by atoms with Gasteiger partial charge in [-0.15, -0.1) is 0 Å². The summed E-state index contributed by atoms with van der Waals surface area (Å²) in [7, 11) is 6.75. The van der Waals surface area contributed by atoms with E-state index in [-0.39, 0.29) is 17.3 Å². The van der Waals surface area contributed by atoms with Gasteiger partial charge in [-0.05, 0) is 6.07 Å². The van der Waals surface area contributed by atoms with Gasteiger partial charge in [-0.2, -0.15) is 0 Å². The van der Waals surface area contributed by atoms with Gasteiger partial charge in [0.1, 0.15) is 14.4 Å². The molecule has 90 valence electrons. The first-order valence-corrected chi connectivity index (χ1v) is 5.12. The lowest BCUT2D eigenvalue weighted by atomic mass is 9.94. The van der Waals surface area contributed by atoms with Crippen molar-refractivity contribution in [2.75, 3.05) is 7.11 Å². The lowest BCUT2D eigenvalue weighted by Crippen LogP contribution is -2.33. The number of aromatic nitrogens is 2. The Labute approximate surface area is 103 Å². The molecular weight excluding hydrogens is 235 g/mol. The highest BCUT2D eigenvalue weighted by molar-refractivity contribution is 6.33. The third-order valence-electron chi connectivity index (χ3n) is 2.52. The van der Waals surface area contributed by atoms with E-state index >= 15 is 0 Å². The maximum Gasteiger partial charge on any atom is 0.327 e. The van der Waals surface area contributed by atoms with Gasteiger partial charge >= 0.3 is 5.97 Å². The molecule has 2 aromatic rings. The van der Waals surface area contributed by atoms with E-state index in [1.54, 1.807) is 0 Å². The van der Waals surface area contributed by atoms with Crippen LogP contribution in [0.3, 0.4) is 0 Å². The highest BCUT2D eigenvalue weighted by atomic mass is 16.5. The minimum Gasteiger partial charge on any atom is -0.468 e. The van der Waals surface area contributed by atoms with Crippen molar-refractivity contribution in [3.8, 4) is 0 Å². The zero-order chi connectivity index (χ0) is 13.3.